The lowest BCUT2D eigenvalue weighted by molar-refractivity contribution is -0.111. The van der Waals surface area contributed by atoms with Gasteiger partial charge in [-0.1, -0.05) is 20.3 Å². The van der Waals surface area contributed by atoms with Gasteiger partial charge in [0.2, 0.25) is 15.6 Å². The molecule has 2 aliphatic carbocycles. The zero-order valence-corrected chi connectivity index (χ0v) is 18.9. The summed E-state index contributed by atoms with van der Waals surface area (Å²) < 4.78 is 27.4. The predicted octanol–water partition coefficient (Wildman–Crippen LogP) is 2.96. The number of amides is 1. The maximum Gasteiger partial charge on any atom is 0.255 e. The molecule has 7 nitrogen and oxygen atoms in total. The van der Waals surface area contributed by atoms with Crippen molar-refractivity contribution in [2.24, 2.45) is 11.3 Å². The minimum Gasteiger partial charge on any atom is -0.334 e. The number of carbonyl (C=O) groups excluding carboxylic acids is 1. The van der Waals surface area contributed by atoms with Crippen LogP contribution in [0.2, 0.25) is 0 Å². The Bertz CT molecular complexity index is 1210. The van der Waals surface area contributed by atoms with Crippen LogP contribution in [0.15, 0.2) is 34.0 Å². The van der Waals surface area contributed by atoms with Crippen molar-refractivity contribution in [1.82, 2.24) is 14.2 Å². The number of sulfonamides is 1. The van der Waals surface area contributed by atoms with Crippen LogP contribution in [-0.2, 0) is 10.0 Å². The van der Waals surface area contributed by atoms with Crippen molar-refractivity contribution in [2.45, 2.75) is 56.9 Å². The summed E-state index contributed by atoms with van der Waals surface area (Å²) in [5, 5.41) is 0.488. The average molecular weight is 444 g/mol. The normalized spacial score (nSPS) is 22.5. The first-order valence-electron chi connectivity index (χ1n) is 11.3. The smallest absolute Gasteiger partial charge is 0.255 e. The Hall–Kier alpha value is -2.19. The highest BCUT2D eigenvalue weighted by Gasteiger charge is 2.61. The summed E-state index contributed by atoms with van der Waals surface area (Å²) >= 11 is 0. The molecule has 1 aromatic carbocycles. The fourth-order valence-corrected chi connectivity index (χ4v) is 7.12. The average Bonchev–Trinajstić information content (AvgIpc) is 3.50. The summed E-state index contributed by atoms with van der Waals surface area (Å²) in [5.41, 5.74) is 0.717. The van der Waals surface area contributed by atoms with Crippen LogP contribution in [0.4, 0.5) is 0 Å². The standard InChI is InChI=1S/C23H29N3O4S/c1-3-25(4-2)31(29,30)16-8-9-19-17(12-16)18(13-20(27)24-19)22(28)26-14-23(10-5-11-23)21(26)15-6-7-15/h8-9,12-13,15,21H,3-7,10-11,14H2,1-2H3,(H,24,27). The van der Waals surface area contributed by atoms with E-state index >= 15 is 0 Å². The number of hydrogen-bond acceptors (Lipinski definition) is 4. The summed E-state index contributed by atoms with van der Waals surface area (Å²) in [6.45, 7) is 5.08. The Morgan fingerprint density at radius 2 is 1.90 bits per heavy atom. The van der Waals surface area contributed by atoms with E-state index in [-0.39, 0.29) is 27.8 Å². The number of H-pyrrole nitrogens is 1. The number of fused-ring (bicyclic) bond motifs is 1. The second-order valence-electron chi connectivity index (χ2n) is 9.28. The van der Waals surface area contributed by atoms with Crippen LogP contribution in [0.1, 0.15) is 56.3 Å². The van der Waals surface area contributed by atoms with Gasteiger partial charge in [0.25, 0.3) is 5.91 Å². The number of rotatable bonds is 6. The van der Waals surface area contributed by atoms with Crippen LogP contribution in [0.5, 0.6) is 0 Å². The monoisotopic (exact) mass is 443 g/mol. The number of aromatic nitrogens is 1. The first-order chi connectivity index (χ1) is 14.8. The topological polar surface area (TPSA) is 90.5 Å². The van der Waals surface area contributed by atoms with E-state index in [4.69, 9.17) is 0 Å². The molecule has 1 atom stereocenters. The van der Waals surface area contributed by atoms with Gasteiger partial charge in [-0.25, -0.2) is 8.42 Å². The second-order valence-corrected chi connectivity index (χ2v) is 11.2. The molecule has 2 aromatic rings. The molecule has 1 saturated heterocycles. The molecule has 1 spiro atoms. The van der Waals surface area contributed by atoms with E-state index in [0.717, 1.165) is 6.54 Å². The molecule has 31 heavy (non-hydrogen) atoms. The van der Waals surface area contributed by atoms with Crippen molar-refractivity contribution in [2.75, 3.05) is 19.6 Å². The van der Waals surface area contributed by atoms with Gasteiger partial charge in [-0.2, -0.15) is 4.31 Å². The van der Waals surface area contributed by atoms with Gasteiger partial charge in [-0.15, -0.1) is 0 Å². The van der Waals surface area contributed by atoms with Crippen molar-refractivity contribution < 1.29 is 13.2 Å². The number of carbonyl (C=O) groups is 1. The van der Waals surface area contributed by atoms with E-state index in [1.165, 1.54) is 54.6 Å². The van der Waals surface area contributed by atoms with Gasteiger partial charge in [0.1, 0.15) is 0 Å². The van der Waals surface area contributed by atoms with Crippen molar-refractivity contribution in [3.8, 4) is 0 Å². The molecule has 2 saturated carbocycles. The van der Waals surface area contributed by atoms with Crippen molar-refractivity contribution in [3.63, 3.8) is 0 Å². The predicted molar refractivity (Wildman–Crippen MR) is 119 cm³/mol. The fourth-order valence-electron chi connectivity index (χ4n) is 5.64. The molecule has 1 unspecified atom stereocenters. The Balaban J connectivity index is 1.57. The van der Waals surface area contributed by atoms with Crippen LogP contribution < -0.4 is 5.56 Å². The lowest BCUT2D eigenvalue weighted by Crippen LogP contribution is -2.69. The number of nitrogens with zero attached hydrogens (tertiary/aromatic N) is 2. The highest BCUT2D eigenvalue weighted by molar-refractivity contribution is 7.89. The van der Waals surface area contributed by atoms with Gasteiger partial charge in [-0.3, -0.25) is 9.59 Å². The molecule has 1 aromatic heterocycles. The van der Waals surface area contributed by atoms with Gasteiger partial charge in [0, 0.05) is 48.1 Å². The zero-order valence-electron chi connectivity index (χ0n) is 18.1. The molecule has 1 amide bonds. The molecular weight excluding hydrogens is 414 g/mol. The minimum atomic E-state index is -3.67. The third-order valence-electron chi connectivity index (χ3n) is 7.52. The largest absolute Gasteiger partial charge is 0.334 e. The van der Waals surface area contributed by atoms with Crippen LogP contribution >= 0.6 is 0 Å². The van der Waals surface area contributed by atoms with Crippen LogP contribution in [0, 0.1) is 11.3 Å². The number of pyridine rings is 1. The molecule has 2 heterocycles. The van der Waals surface area contributed by atoms with Gasteiger partial charge in [0.15, 0.2) is 0 Å². The Labute approximate surface area is 182 Å². The molecule has 0 bridgehead atoms. The van der Waals surface area contributed by atoms with Crippen LogP contribution in [-0.4, -0.2) is 54.2 Å². The zero-order chi connectivity index (χ0) is 22.0. The van der Waals surface area contributed by atoms with E-state index in [2.05, 4.69) is 4.98 Å². The SMILES string of the molecule is CCN(CC)S(=O)(=O)c1ccc2[nH]c(=O)cc(C(=O)N3CC4(CCC4)C3C3CC3)c2c1. The molecule has 3 fully saturated rings. The molecule has 8 heteroatoms. The van der Waals surface area contributed by atoms with Gasteiger partial charge in [0.05, 0.1) is 10.5 Å². The fraction of sp³-hybridized carbons (Fsp3) is 0.565. The Morgan fingerprint density at radius 3 is 2.48 bits per heavy atom. The summed E-state index contributed by atoms with van der Waals surface area (Å²) in [6.07, 6.45) is 5.92. The number of nitrogens with one attached hydrogen (secondary N) is 1. The number of aromatic amines is 1. The third kappa shape index (κ3) is 3.14. The third-order valence-corrected chi connectivity index (χ3v) is 9.56. The van der Waals surface area contributed by atoms with Crippen molar-refractivity contribution in [3.05, 3.63) is 40.2 Å². The summed E-state index contributed by atoms with van der Waals surface area (Å²) in [6, 6.07) is 6.22. The maximum absolute atomic E-state index is 13.6. The van der Waals surface area contributed by atoms with E-state index in [1.807, 2.05) is 4.90 Å². The molecule has 5 rings (SSSR count). The van der Waals surface area contributed by atoms with E-state index < -0.39 is 10.0 Å². The highest BCUT2D eigenvalue weighted by Crippen LogP contribution is 2.60. The first kappa shape index (κ1) is 20.7. The quantitative estimate of drug-likeness (QED) is 0.743. The number of hydrogen-bond donors (Lipinski definition) is 1. The van der Waals surface area contributed by atoms with Crippen molar-refractivity contribution >= 4 is 26.8 Å². The van der Waals surface area contributed by atoms with Gasteiger partial charge in [-0.05, 0) is 49.8 Å². The van der Waals surface area contributed by atoms with Crippen LogP contribution in [0.25, 0.3) is 10.9 Å². The highest BCUT2D eigenvalue weighted by atomic mass is 32.2. The number of likely N-dealkylation sites (tertiary alicyclic amines) is 1. The molecule has 1 N–H and O–H groups in total. The summed E-state index contributed by atoms with van der Waals surface area (Å²) in [5.74, 6) is 0.424. The van der Waals surface area contributed by atoms with E-state index in [0.29, 0.717) is 35.5 Å². The molecular formula is C23H29N3O4S. The Kier molecular flexibility index (Phi) is 4.79. The van der Waals surface area contributed by atoms with Gasteiger partial charge >= 0.3 is 0 Å². The molecule has 3 aliphatic rings. The lowest BCUT2D eigenvalue weighted by Gasteiger charge is -2.63. The molecule has 1 aliphatic heterocycles. The summed E-state index contributed by atoms with van der Waals surface area (Å²) in [4.78, 5) is 30.7. The van der Waals surface area contributed by atoms with Crippen molar-refractivity contribution in [1.29, 1.82) is 0 Å². The first-order valence-corrected chi connectivity index (χ1v) is 12.7. The Morgan fingerprint density at radius 1 is 1.19 bits per heavy atom. The summed E-state index contributed by atoms with van der Waals surface area (Å²) in [7, 11) is -3.67. The minimum absolute atomic E-state index is 0.141. The van der Waals surface area contributed by atoms with Crippen LogP contribution in [0.3, 0.4) is 0 Å². The lowest BCUT2D eigenvalue weighted by atomic mass is 9.56. The van der Waals surface area contributed by atoms with Gasteiger partial charge < -0.3 is 9.88 Å². The maximum atomic E-state index is 13.6. The second kappa shape index (κ2) is 7.17. The molecule has 0 radical (unpaired) electrons. The molecule has 166 valence electrons. The van der Waals surface area contributed by atoms with E-state index in [1.54, 1.807) is 19.9 Å². The van der Waals surface area contributed by atoms with E-state index in [9.17, 15) is 18.0 Å². The number of benzene rings is 1.